The molecule has 10 heteroatoms. The van der Waals surface area contributed by atoms with Crippen LogP contribution in [0.1, 0.15) is 30.7 Å². The third-order valence-electron chi connectivity index (χ3n) is 5.20. The number of nitrogens with zero attached hydrogens (tertiary/aromatic N) is 4. The Kier molecular flexibility index (Phi) is 5.72. The lowest BCUT2D eigenvalue weighted by atomic mass is 10.2. The standard InChI is InChI=1S/C19H23FN6O2S/c1-12(16(27)21-15-4-2-3-14(20)11-15)25-7-9-26(10-8-25)19(28)22-18-24-23-17(29-18)13-5-6-13/h2-4,11-13H,5-10H2,1H3,(H,21,27)(H,22,24,28)/t12-/m0/s1. The molecule has 29 heavy (non-hydrogen) atoms. The van der Waals surface area contributed by atoms with E-state index in [1.807, 2.05) is 11.8 Å². The molecule has 1 aromatic heterocycles. The van der Waals surface area contributed by atoms with E-state index < -0.39 is 5.82 Å². The fraction of sp³-hybridized carbons (Fsp3) is 0.474. The van der Waals surface area contributed by atoms with E-state index >= 15 is 0 Å². The highest BCUT2D eigenvalue weighted by Gasteiger charge is 2.30. The predicted octanol–water partition coefficient (Wildman–Crippen LogP) is 2.73. The maximum Gasteiger partial charge on any atom is 0.323 e. The van der Waals surface area contributed by atoms with Gasteiger partial charge in [-0.25, -0.2) is 9.18 Å². The molecule has 2 aliphatic rings. The van der Waals surface area contributed by atoms with Crippen molar-refractivity contribution in [1.82, 2.24) is 20.0 Å². The molecule has 1 saturated heterocycles. The van der Waals surface area contributed by atoms with Gasteiger partial charge in [0.25, 0.3) is 0 Å². The molecular formula is C19H23FN6O2S. The van der Waals surface area contributed by atoms with E-state index in [2.05, 4.69) is 20.8 Å². The molecule has 2 fully saturated rings. The molecule has 154 valence electrons. The van der Waals surface area contributed by atoms with Gasteiger partial charge in [-0.05, 0) is 38.0 Å². The van der Waals surface area contributed by atoms with Gasteiger partial charge < -0.3 is 10.2 Å². The van der Waals surface area contributed by atoms with Gasteiger partial charge in [0.15, 0.2) is 0 Å². The molecular weight excluding hydrogens is 395 g/mol. The molecule has 0 unspecified atom stereocenters. The summed E-state index contributed by atoms with van der Waals surface area (Å²) in [6.07, 6.45) is 2.30. The molecule has 3 amide bonds. The summed E-state index contributed by atoms with van der Waals surface area (Å²) in [5.74, 6) is -0.0774. The second-order valence-corrected chi connectivity index (χ2v) is 8.36. The van der Waals surface area contributed by atoms with Gasteiger partial charge in [-0.15, -0.1) is 10.2 Å². The normalized spacial score (nSPS) is 18.3. The molecule has 2 aromatic rings. The zero-order valence-corrected chi connectivity index (χ0v) is 16.9. The van der Waals surface area contributed by atoms with Crippen molar-refractivity contribution in [2.45, 2.75) is 31.7 Å². The fourth-order valence-electron chi connectivity index (χ4n) is 3.24. The van der Waals surface area contributed by atoms with E-state index in [-0.39, 0.29) is 18.0 Å². The minimum absolute atomic E-state index is 0.194. The molecule has 2 heterocycles. The highest BCUT2D eigenvalue weighted by atomic mass is 32.1. The number of hydrogen-bond acceptors (Lipinski definition) is 6. The number of amides is 3. The van der Waals surface area contributed by atoms with Crippen LogP contribution in [0.25, 0.3) is 0 Å². The third kappa shape index (κ3) is 4.88. The molecule has 8 nitrogen and oxygen atoms in total. The Morgan fingerprint density at radius 1 is 1.17 bits per heavy atom. The van der Waals surface area contributed by atoms with Crippen LogP contribution in [0.3, 0.4) is 0 Å². The monoisotopic (exact) mass is 418 g/mol. The summed E-state index contributed by atoms with van der Waals surface area (Å²) in [6.45, 7) is 3.99. The van der Waals surface area contributed by atoms with E-state index in [4.69, 9.17) is 0 Å². The maximum absolute atomic E-state index is 13.3. The number of benzene rings is 1. The van der Waals surface area contributed by atoms with Gasteiger partial charge in [0.1, 0.15) is 10.8 Å². The van der Waals surface area contributed by atoms with E-state index in [9.17, 15) is 14.0 Å². The number of nitrogens with one attached hydrogen (secondary N) is 2. The van der Waals surface area contributed by atoms with Gasteiger partial charge >= 0.3 is 6.03 Å². The zero-order valence-electron chi connectivity index (χ0n) is 16.1. The highest BCUT2D eigenvalue weighted by Crippen LogP contribution is 2.42. The molecule has 1 aliphatic carbocycles. The first-order chi connectivity index (χ1) is 14.0. The Morgan fingerprint density at radius 3 is 2.62 bits per heavy atom. The minimum Gasteiger partial charge on any atom is -0.325 e. The second kappa shape index (κ2) is 8.42. The van der Waals surface area contributed by atoms with Crippen molar-refractivity contribution in [3.8, 4) is 0 Å². The second-order valence-electron chi connectivity index (χ2n) is 7.35. The average Bonchev–Trinajstić information content (AvgIpc) is 3.47. The van der Waals surface area contributed by atoms with Crippen molar-refractivity contribution in [2.75, 3.05) is 36.8 Å². The van der Waals surface area contributed by atoms with Crippen LogP contribution in [0.5, 0.6) is 0 Å². The number of rotatable bonds is 5. The minimum atomic E-state index is -0.394. The molecule has 1 saturated carbocycles. The Labute approximate surface area is 172 Å². The molecule has 4 rings (SSSR count). The van der Waals surface area contributed by atoms with Crippen molar-refractivity contribution in [1.29, 1.82) is 0 Å². The van der Waals surface area contributed by atoms with Gasteiger partial charge in [0, 0.05) is 37.8 Å². The molecule has 1 aromatic carbocycles. The lowest BCUT2D eigenvalue weighted by Gasteiger charge is -2.37. The van der Waals surface area contributed by atoms with Crippen LogP contribution in [-0.4, -0.2) is 64.2 Å². The van der Waals surface area contributed by atoms with Crippen LogP contribution in [0.2, 0.25) is 0 Å². The fourth-order valence-corrected chi connectivity index (χ4v) is 4.14. The first kappa shape index (κ1) is 19.7. The third-order valence-corrected chi connectivity index (χ3v) is 6.20. The Hall–Kier alpha value is -2.59. The van der Waals surface area contributed by atoms with E-state index in [1.165, 1.54) is 23.5 Å². The van der Waals surface area contributed by atoms with Gasteiger partial charge in [0.05, 0.1) is 6.04 Å². The van der Waals surface area contributed by atoms with E-state index in [0.717, 1.165) is 17.8 Å². The van der Waals surface area contributed by atoms with Gasteiger partial charge in [0.2, 0.25) is 11.0 Å². The van der Waals surface area contributed by atoms with Crippen LogP contribution < -0.4 is 10.6 Å². The summed E-state index contributed by atoms with van der Waals surface area (Å²) >= 11 is 1.44. The first-order valence-corrected chi connectivity index (χ1v) is 10.5. The number of carbonyl (C=O) groups is 2. The van der Waals surface area contributed by atoms with Crippen LogP contribution >= 0.6 is 11.3 Å². The van der Waals surface area contributed by atoms with Crippen LogP contribution in [0.4, 0.5) is 20.0 Å². The first-order valence-electron chi connectivity index (χ1n) is 9.69. The Morgan fingerprint density at radius 2 is 1.93 bits per heavy atom. The summed E-state index contributed by atoms with van der Waals surface area (Å²) in [5, 5.41) is 15.2. The van der Waals surface area contributed by atoms with Crippen LogP contribution in [-0.2, 0) is 4.79 Å². The summed E-state index contributed by atoms with van der Waals surface area (Å²) in [4.78, 5) is 28.6. The molecule has 0 bridgehead atoms. The number of piperazine rings is 1. The topological polar surface area (TPSA) is 90.5 Å². The van der Waals surface area contributed by atoms with Crippen molar-refractivity contribution in [3.63, 3.8) is 0 Å². The van der Waals surface area contributed by atoms with Crippen molar-refractivity contribution < 1.29 is 14.0 Å². The van der Waals surface area contributed by atoms with Crippen LogP contribution in [0, 0.1) is 5.82 Å². The summed E-state index contributed by atoms with van der Waals surface area (Å²) in [5.41, 5.74) is 0.433. The lowest BCUT2D eigenvalue weighted by molar-refractivity contribution is -0.121. The summed E-state index contributed by atoms with van der Waals surface area (Å²) in [6, 6.07) is 5.25. The number of halogens is 1. The van der Waals surface area contributed by atoms with Gasteiger partial charge in [-0.1, -0.05) is 17.4 Å². The Bertz CT molecular complexity index is 894. The summed E-state index contributed by atoms with van der Waals surface area (Å²) in [7, 11) is 0. The number of hydrogen-bond donors (Lipinski definition) is 2. The summed E-state index contributed by atoms with van der Waals surface area (Å²) < 4.78 is 13.3. The molecule has 2 N–H and O–H groups in total. The van der Waals surface area contributed by atoms with E-state index in [1.54, 1.807) is 17.0 Å². The largest absolute Gasteiger partial charge is 0.325 e. The zero-order chi connectivity index (χ0) is 20.4. The van der Waals surface area contributed by atoms with Gasteiger partial charge in [-0.2, -0.15) is 0 Å². The van der Waals surface area contributed by atoms with Crippen molar-refractivity contribution in [2.24, 2.45) is 0 Å². The number of urea groups is 1. The quantitative estimate of drug-likeness (QED) is 0.779. The van der Waals surface area contributed by atoms with Gasteiger partial charge in [-0.3, -0.25) is 15.0 Å². The molecule has 0 spiro atoms. The average molecular weight is 418 g/mol. The number of aromatic nitrogens is 2. The lowest BCUT2D eigenvalue weighted by Crippen LogP contribution is -2.54. The maximum atomic E-state index is 13.3. The van der Waals surface area contributed by atoms with Crippen molar-refractivity contribution >= 4 is 34.1 Å². The predicted molar refractivity (Wildman–Crippen MR) is 109 cm³/mol. The molecule has 1 atom stereocenters. The van der Waals surface area contributed by atoms with Crippen molar-refractivity contribution in [3.05, 3.63) is 35.1 Å². The SMILES string of the molecule is C[C@@H](C(=O)Nc1cccc(F)c1)N1CCN(C(=O)Nc2nnc(C3CC3)s2)CC1. The number of carbonyl (C=O) groups excluding carboxylic acids is 2. The molecule has 1 aliphatic heterocycles. The van der Waals surface area contributed by atoms with E-state index in [0.29, 0.717) is 42.9 Å². The smallest absolute Gasteiger partial charge is 0.323 e. The number of anilines is 2. The highest BCUT2D eigenvalue weighted by molar-refractivity contribution is 7.15. The van der Waals surface area contributed by atoms with Crippen LogP contribution in [0.15, 0.2) is 24.3 Å². The Balaban J connectivity index is 1.25. The molecule has 0 radical (unpaired) electrons.